The third-order valence-electron chi connectivity index (χ3n) is 2.39. The quantitative estimate of drug-likeness (QED) is 0.762. The third kappa shape index (κ3) is 4.57. The van der Waals surface area contributed by atoms with Crippen LogP contribution in [0.3, 0.4) is 0 Å². The van der Waals surface area contributed by atoms with Crippen molar-refractivity contribution in [2.24, 2.45) is 0 Å². The summed E-state index contributed by atoms with van der Waals surface area (Å²) in [6, 6.07) is 0. The number of ether oxygens (including phenoxy) is 1. The van der Waals surface area contributed by atoms with Gasteiger partial charge in [0, 0.05) is 20.2 Å². The molecule has 0 aliphatic rings. The molecule has 17 heavy (non-hydrogen) atoms. The SMILES string of the molecule is COCCNCCCn1cnc(C)c(Br)c1=O. The van der Waals surface area contributed by atoms with Crippen molar-refractivity contribution in [1.82, 2.24) is 14.9 Å². The minimum atomic E-state index is -0.0191. The van der Waals surface area contributed by atoms with Crippen molar-refractivity contribution >= 4 is 15.9 Å². The van der Waals surface area contributed by atoms with Gasteiger partial charge < -0.3 is 10.1 Å². The molecule has 0 aromatic carbocycles. The maximum Gasteiger partial charge on any atom is 0.267 e. The fourth-order valence-corrected chi connectivity index (χ4v) is 1.71. The Morgan fingerprint density at radius 3 is 3.00 bits per heavy atom. The molecule has 0 aliphatic heterocycles. The van der Waals surface area contributed by atoms with Crippen LogP contribution in [0.25, 0.3) is 0 Å². The molecule has 1 aromatic heterocycles. The van der Waals surface area contributed by atoms with E-state index in [2.05, 4.69) is 26.2 Å². The highest BCUT2D eigenvalue weighted by atomic mass is 79.9. The Morgan fingerprint density at radius 2 is 2.29 bits per heavy atom. The lowest BCUT2D eigenvalue weighted by atomic mass is 10.4. The molecule has 1 N–H and O–H groups in total. The number of nitrogens with zero attached hydrogens (tertiary/aromatic N) is 2. The molecule has 5 nitrogen and oxygen atoms in total. The Kier molecular flexibility index (Phi) is 6.39. The summed E-state index contributed by atoms with van der Waals surface area (Å²) in [7, 11) is 1.68. The molecule has 0 amide bonds. The highest BCUT2D eigenvalue weighted by Crippen LogP contribution is 2.05. The summed E-state index contributed by atoms with van der Waals surface area (Å²) in [5.74, 6) is 0. The minimum absolute atomic E-state index is 0.0191. The number of halogens is 1. The van der Waals surface area contributed by atoms with Crippen molar-refractivity contribution in [3.63, 3.8) is 0 Å². The second-order valence-corrected chi connectivity index (χ2v) is 4.53. The van der Waals surface area contributed by atoms with Crippen LogP contribution in [0.2, 0.25) is 0 Å². The van der Waals surface area contributed by atoms with Crippen LogP contribution in [0.5, 0.6) is 0 Å². The summed E-state index contributed by atoms with van der Waals surface area (Å²) >= 11 is 3.25. The molecule has 0 saturated heterocycles. The molecule has 1 rings (SSSR count). The van der Waals surface area contributed by atoms with E-state index in [1.165, 1.54) is 0 Å². The molecule has 1 aromatic rings. The lowest BCUT2D eigenvalue weighted by Crippen LogP contribution is -2.25. The molecule has 0 saturated carbocycles. The van der Waals surface area contributed by atoms with Gasteiger partial charge in [0.25, 0.3) is 5.56 Å². The number of rotatable bonds is 7. The van der Waals surface area contributed by atoms with E-state index >= 15 is 0 Å². The van der Waals surface area contributed by atoms with Gasteiger partial charge in [-0.1, -0.05) is 0 Å². The van der Waals surface area contributed by atoms with Crippen LogP contribution >= 0.6 is 15.9 Å². The number of hydrogen-bond donors (Lipinski definition) is 1. The van der Waals surface area contributed by atoms with E-state index in [4.69, 9.17) is 4.74 Å². The summed E-state index contributed by atoms with van der Waals surface area (Å²) in [5.41, 5.74) is 0.707. The summed E-state index contributed by atoms with van der Waals surface area (Å²) in [5, 5.41) is 3.23. The Morgan fingerprint density at radius 1 is 1.53 bits per heavy atom. The number of nitrogens with one attached hydrogen (secondary N) is 1. The van der Waals surface area contributed by atoms with Crippen LogP contribution in [-0.4, -0.2) is 36.4 Å². The molecule has 0 radical (unpaired) electrons. The fraction of sp³-hybridized carbons (Fsp3) is 0.636. The molecule has 6 heteroatoms. The standard InChI is InChI=1S/C11H18BrN3O2/c1-9-10(12)11(16)15(8-14-9)6-3-4-13-5-7-17-2/h8,13H,3-7H2,1-2H3. The Balaban J connectivity index is 2.37. The molecule has 96 valence electrons. The lowest BCUT2D eigenvalue weighted by molar-refractivity contribution is 0.199. The summed E-state index contributed by atoms with van der Waals surface area (Å²) in [6.45, 7) is 4.88. The van der Waals surface area contributed by atoms with Gasteiger partial charge in [0.2, 0.25) is 0 Å². The van der Waals surface area contributed by atoms with Gasteiger partial charge in [0.1, 0.15) is 4.47 Å². The van der Waals surface area contributed by atoms with Crippen molar-refractivity contribution < 1.29 is 4.74 Å². The number of hydrogen-bond acceptors (Lipinski definition) is 4. The lowest BCUT2D eigenvalue weighted by Gasteiger charge is -2.07. The third-order valence-corrected chi connectivity index (χ3v) is 3.31. The molecule has 0 unspecified atom stereocenters. The van der Waals surface area contributed by atoms with Crippen molar-refractivity contribution in [2.45, 2.75) is 19.9 Å². The normalized spacial score (nSPS) is 10.8. The van der Waals surface area contributed by atoms with Gasteiger partial charge in [0.05, 0.1) is 18.6 Å². The van der Waals surface area contributed by atoms with Crippen LogP contribution in [0, 0.1) is 6.92 Å². The van der Waals surface area contributed by atoms with Crippen molar-refractivity contribution in [3.8, 4) is 0 Å². The molecule has 0 bridgehead atoms. The van der Waals surface area contributed by atoms with Crippen LogP contribution in [0.4, 0.5) is 0 Å². The van der Waals surface area contributed by atoms with Gasteiger partial charge in [-0.15, -0.1) is 0 Å². The Hall–Kier alpha value is -0.720. The van der Waals surface area contributed by atoms with E-state index in [0.717, 1.165) is 25.2 Å². The zero-order valence-electron chi connectivity index (χ0n) is 10.2. The molecule has 0 atom stereocenters. The van der Waals surface area contributed by atoms with E-state index < -0.39 is 0 Å². The van der Waals surface area contributed by atoms with Crippen LogP contribution < -0.4 is 10.9 Å². The average Bonchev–Trinajstić information content (AvgIpc) is 2.33. The first-order valence-electron chi connectivity index (χ1n) is 5.58. The van der Waals surface area contributed by atoms with E-state index in [0.29, 0.717) is 17.6 Å². The van der Waals surface area contributed by atoms with E-state index in [9.17, 15) is 4.79 Å². The largest absolute Gasteiger partial charge is 0.383 e. The van der Waals surface area contributed by atoms with Gasteiger partial charge in [0.15, 0.2) is 0 Å². The van der Waals surface area contributed by atoms with E-state index in [1.54, 1.807) is 18.0 Å². The predicted molar refractivity (Wildman–Crippen MR) is 70.3 cm³/mol. The van der Waals surface area contributed by atoms with Crippen molar-refractivity contribution in [1.29, 1.82) is 0 Å². The van der Waals surface area contributed by atoms with Crippen molar-refractivity contribution in [2.75, 3.05) is 26.8 Å². The second-order valence-electron chi connectivity index (χ2n) is 3.74. The zero-order valence-corrected chi connectivity index (χ0v) is 11.8. The molecule has 0 fully saturated rings. The maximum atomic E-state index is 11.8. The Bertz CT molecular complexity index is 406. The van der Waals surface area contributed by atoms with Gasteiger partial charge in [-0.2, -0.15) is 0 Å². The Labute approximate surface area is 109 Å². The second kappa shape index (κ2) is 7.58. The summed E-state index contributed by atoms with van der Waals surface area (Å²) in [6.07, 6.45) is 2.48. The highest BCUT2D eigenvalue weighted by molar-refractivity contribution is 9.10. The van der Waals surface area contributed by atoms with E-state index in [1.807, 2.05) is 6.92 Å². The maximum absolute atomic E-state index is 11.8. The monoisotopic (exact) mass is 303 g/mol. The van der Waals surface area contributed by atoms with Gasteiger partial charge in [-0.05, 0) is 35.8 Å². The molecular weight excluding hydrogens is 286 g/mol. The van der Waals surface area contributed by atoms with Crippen LogP contribution in [0.1, 0.15) is 12.1 Å². The summed E-state index contributed by atoms with van der Waals surface area (Å²) < 4.78 is 7.09. The first kappa shape index (κ1) is 14.3. The van der Waals surface area contributed by atoms with E-state index in [-0.39, 0.29) is 5.56 Å². The number of methoxy groups -OCH3 is 1. The molecular formula is C11H18BrN3O2. The zero-order chi connectivity index (χ0) is 12.7. The number of aryl methyl sites for hydroxylation is 2. The van der Waals surface area contributed by atoms with Gasteiger partial charge in [-0.3, -0.25) is 9.36 Å². The van der Waals surface area contributed by atoms with Crippen LogP contribution in [-0.2, 0) is 11.3 Å². The molecule has 0 spiro atoms. The van der Waals surface area contributed by atoms with Gasteiger partial charge >= 0.3 is 0 Å². The smallest absolute Gasteiger partial charge is 0.267 e. The first-order valence-corrected chi connectivity index (χ1v) is 6.37. The minimum Gasteiger partial charge on any atom is -0.383 e. The summed E-state index contributed by atoms with van der Waals surface area (Å²) in [4.78, 5) is 15.9. The van der Waals surface area contributed by atoms with Crippen LogP contribution in [0.15, 0.2) is 15.6 Å². The topological polar surface area (TPSA) is 56.1 Å². The van der Waals surface area contributed by atoms with Crippen molar-refractivity contribution in [3.05, 3.63) is 26.8 Å². The fourth-order valence-electron chi connectivity index (χ4n) is 1.38. The first-order chi connectivity index (χ1) is 8.16. The highest BCUT2D eigenvalue weighted by Gasteiger charge is 2.04. The molecule has 1 heterocycles. The number of aromatic nitrogens is 2. The average molecular weight is 304 g/mol. The predicted octanol–water partition coefficient (Wildman–Crippen LogP) is 0.940. The molecule has 0 aliphatic carbocycles. The van der Waals surface area contributed by atoms with Gasteiger partial charge in [-0.25, -0.2) is 4.98 Å².